The van der Waals surface area contributed by atoms with Gasteiger partial charge in [-0.25, -0.2) is 0 Å². The Bertz CT molecular complexity index is 364. The molecule has 2 nitrogen and oxygen atoms in total. The number of nitrogens with zero attached hydrogens (tertiary/aromatic N) is 1. The molecule has 0 amide bonds. The lowest BCUT2D eigenvalue weighted by atomic mass is 10.0. The normalized spacial score (nSPS) is 12.2. The third kappa shape index (κ3) is 5.33. The first-order valence-corrected chi connectivity index (χ1v) is 6.31. The maximum Gasteiger partial charge on any atom is 0.0225 e. The highest BCUT2D eigenvalue weighted by Crippen LogP contribution is 2.11. The maximum absolute atomic E-state index is 6.01. The van der Waals surface area contributed by atoms with Gasteiger partial charge in [-0.2, -0.15) is 0 Å². The van der Waals surface area contributed by atoms with E-state index in [4.69, 9.17) is 5.73 Å². The number of hydrogen-bond acceptors (Lipinski definition) is 2. The van der Waals surface area contributed by atoms with Crippen molar-refractivity contribution >= 4 is 0 Å². The molecule has 0 saturated carbocycles. The monoisotopic (exact) mass is 234 g/mol. The van der Waals surface area contributed by atoms with Crippen LogP contribution in [0.5, 0.6) is 0 Å². The third-order valence-electron chi connectivity index (χ3n) is 2.94. The number of likely N-dealkylation sites (N-methyl/N-ethyl adjacent to an activating group) is 1. The molecule has 2 heteroatoms. The van der Waals surface area contributed by atoms with Crippen LogP contribution in [0, 0.1) is 13.8 Å². The summed E-state index contributed by atoms with van der Waals surface area (Å²) in [6, 6.07) is 6.68. The van der Waals surface area contributed by atoms with Gasteiger partial charge >= 0.3 is 0 Å². The molecule has 0 unspecified atom stereocenters. The van der Waals surface area contributed by atoms with E-state index in [0.29, 0.717) is 0 Å². The third-order valence-corrected chi connectivity index (χ3v) is 2.94. The minimum absolute atomic E-state index is 0.114. The summed E-state index contributed by atoms with van der Waals surface area (Å²) in [4.78, 5) is 2.30. The first-order chi connectivity index (χ1) is 7.78. The smallest absolute Gasteiger partial charge is 0.0225 e. The van der Waals surface area contributed by atoms with Crippen LogP contribution in [0.3, 0.4) is 0 Å². The van der Waals surface area contributed by atoms with Crippen LogP contribution in [0.15, 0.2) is 18.2 Å². The van der Waals surface area contributed by atoms with Gasteiger partial charge in [0.15, 0.2) is 0 Å². The molecule has 2 N–H and O–H groups in total. The molecule has 1 aromatic rings. The number of nitrogens with two attached hydrogens (primary N) is 1. The molecule has 0 bridgehead atoms. The second-order valence-electron chi connectivity index (χ2n) is 5.91. The van der Waals surface area contributed by atoms with Gasteiger partial charge in [0.2, 0.25) is 0 Å². The average Bonchev–Trinajstić information content (AvgIpc) is 2.13. The second-order valence-corrected chi connectivity index (χ2v) is 5.91. The van der Waals surface area contributed by atoms with E-state index in [0.717, 1.165) is 19.5 Å². The number of rotatable bonds is 5. The Labute approximate surface area is 106 Å². The summed E-state index contributed by atoms with van der Waals surface area (Å²) in [6.45, 7) is 10.5. The Morgan fingerprint density at radius 1 is 1.24 bits per heavy atom. The van der Waals surface area contributed by atoms with Gasteiger partial charge in [-0.15, -0.1) is 0 Å². The molecular formula is C15H26N2. The molecule has 0 heterocycles. The lowest BCUT2D eigenvalue weighted by Crippen LogP contribution is -2.44. The van der Waals surface area contributed by atoms with Crippen LogP contribution in [0.25, 0.3) is 0 Å². The Balaban J connectivity index is 2.50. The van der Waals surface area contributed by atoms with Gasteiger partial charge in [-0.05, 0) is 52.3 Å². The van der Waals surface area contributed by atoms with Crippen LogP contribution in [-0.2, 0) is 6.42 Å². The van der Waals surface area contributed by atoms with Crippen LogP contribution in [0.1, 0.15) is 30.5 Å². The highest BCUT2D eigenvalue weighted by Gasteiger charge is 2.13. The van der Waals surface area contributed by atoms with Crippen LogP contribution in [0.4, 0.5) is 0 Å². The minimum Gasteiger partial charge on any atom is -0.324 e. The van der Waals surface area contributed by atoms with Crippen LogP contribution >= 0.6 is 0 Å². The first-order valence-electron chi connectivity index (χ1n) is 6.31. The molecule has 0 aliphatic carbocycles. The lowest BCUT2D eigenvalue weighted by molar-refractivity contribution is 0.273. The zero-order valence-electron chi connectivity index (χ0n) is 11.9. The van der Waals surface area contributed by atoms with Crippen molar-refractivity contribution in [2.24, 2.45) is 5.73 Å². The van der Waals surface area contributed by atoms with Crippen LogP contribution in [0.2, 0.25) is 0 Å². The Morgan fingerprint density at radius 3 is 2.41 bits per heavy atom. The van der Waals surface area contributed by atoms with E-state index < -0.39 is 0 Å². The molecule has 0 radical (unpaired) electrons. The molecule has 0 aliphatic rings. The van der Waals surface area contributed by atoms with E-state index in [1.54, 1.807) is 0 Å². The van der Waals surface area contributed by atoms with Gasteiger partial charge < -0.3 is 10.6 Å². The second kappa shape index (κ2) is 5.65. The van der Waals surface area contributed by atoms with E-state index >= 15 is 0 Å². The minimum atomic E-state index is -0.114. The zero-order valence-corrected chi connectivity index (χ0v) is 11.9. The summed E-state index contributed by atoms with van der Waals surface area (Å²) in [5, 5.41) is 0. The molecule has 17 heavy (non-hydrogen) atoms. The van der Waals surface area contributed by atoms with Gasteiger partial charge in [0, 0.05) is 18.6 Å². The predicted molar refractivity (Wildman–Crippen MR) is 75.4 cm³/mol. The number of hydrogen-bond donors (Lipinski definition) is 1. The summed E-state index contributed by atoms with van der Waals surface area (Å²) in [7, 11) is 2.14. The van der Waals surface area contributed by atoms with Crippen LogP contribution in [-0.4, -0.2) is 30.6 Å². The van der Waals surface area contributed by atoms with Crippen molar-refractivity contribution in [1.82, 2.24) is 4.90 Å². The molecule has 1 aromatic carbocycles. The molecule has 0 fully saturated rings. The van der Waals surface area contributed by atoms with Gasteiger partial charge in [0.25, 0.3) is 0 Å². The Hall–Kier alpha value is -0.860. The summed E-state index contributed by atoms with van der Waals surface area (Å²) in [6.07, 6.45) is 1.10. The topological polar surface area (TPSA) is 29.3 Å². The van der Waals surface area contributed by atoms with Crippen LogP contribution < -0.4 is 5.73 Å². The van der Waals surface area contributed by atoms with Crippen molar-refractivity contribution in [2.45, 2.75) is 39.7 Å². The quantitative estimate of drug-likeness (QED) is 0.848. The van der Waals surface area contributed by atoms with Crippen molar-refractivity contribution in [3.05, 3.63) is 34.9 Å². The summed E-state index contributed by atoms with van der Waals surface area (Å²) in [5.74, 6) is 0. The maximum atomic E-state index is 6.01. The Morgan fingerprint density at radius 2 is 1.88 bits per heavy atom. The molecular weight excluding hydrogens is 208 g/mol. The van der Waals surface area contributed by atoms with E-state index in [1.807, 2.05) is 0 Å². The van der Waals surface area contributed by atoms with E-state index in [-0.39, 0.29) is 5.54 Å². The van der Waals surface area contributed by atoms with Gasteiger partial charge in [-0.1, -0.05) is 23.8 Å². The molecule has 0 aromatic heterocycles. The summed E-state index contributed by atoms with van der Waals surface area (Å²) >= 11 is 0. The fourth-order valence-electron chi connectivity index (χ4n) is 2.21. The van der Waals surface area contributed by atoms with E-state index in [9.17, 15) is 0 Å². The fraction of sp³-hybridized carbons (Fsp3) is 0.600. The highest BCUT2D eigenvalue weighted by atomic mass is 15.1. The van der Waals surface area contributed by atoms with Gasteiger partial charge in [0.05, 0.1) is 0 Å². The highest BCUT2D eigenvalue weighted by molar-refractivity contribution is 5.30. The fourth-order valence-corrected chi connectivity index (χ4v) is 2.21. The summed E-state index contributed by atoms with van der Waals surface area (Å²) < 4.78 is 0. The largest absolute Gasteiger partial charge is 0.324 e. The number of benzene rings is 1. The zero-order chi connectivity index (χ0) is 13.1. The standard InChI is InChI=1S/C15H26N2/c1-12-6-7-14(13(2)10-12)8-9-17(5)11-15(3,4)16/h6-7,10H,8-9,11,16H2,1-5H3. The first kappa shape index (κ1) is 14.2. The average molecular weight is 234 g/mol. The molecule has 0 atom stereocenters. The van der Waals surface area contributed by atoms with E-state index in [1.165, 1.54) is 16.7 Å². The molecule has 0 spiro atoms. The van der Waals surface area contributed by atoms with Crippen molar-refractivity contribution in [1.29, 1.82) is 0 Å². The molecule has 96 valence electrons. The van der Waals surface area contributed by atoms with Crippen molar-refractivity contribution < 1.29 is 0 Å². The lowest BCUT2D eigenvalue weighted by Gasteiger charge is -2.26. The summed E-state index contributed by atoms with van der Waals surface area (Å²) in [5.41, 5.74) is 10.1. The molecule has 1 rings (SSSR count). The van der Waals surface area contributed by atoms with Crippen molar-refractivity contribution in [3.63, 3.8) is 0 Å². The van der Waals surface area contributed by atoms with Crippen molar-refractivity contribution in [3.8, 4) is 0 Å². The van der Waals surface area contributed by atoms with Crippen molar-refractivity contribution in [2.75, 3.05) is 20.1 Å². The Kier molecular flexibility index (Phi) is 4.72. The molecule has 0 aliphatic heterocycles. The molecule has 0 saturated heterocycles. The van der Waals surface area contributed by atoms with Gasteiger partial charge in [0.1, 0.15) is 0 Å². The van der Waals surface area contributed by atoms with E-state index in [2.05, 4.69) is 57.8 Å². The van der Waals surface area contributed by atoms with Gasteiger partial charge in [-0.3, -0.25) is 0 Å². The SMILES string of the molecule is Cc1ccc(CCN(C)CC(C)(C)N)c(C)c1. The number of aryl methyl sites for hydroxylation is 2. The predicted octanol–water partition coefficient (Wildman–Crippen LogP) is 2.52.